The number of rotatable bonds is 2. The van der Waals surface area contributed by atoms with Gasteiger partial charge in [0.05, 0.1) is 11.6 Å². The van der Waals surface area contributed by atoms with Crippen LogP contribution in [-0.2, 0) is 12.8 Å². The molecule has 1 N–H and O–H groups in total. The van der Waals surface area contributed by atoms with E-state index in [9.17, 15) is 0 Å². The van der Waals surface area contributed by atoms with Gasteiger partial charge in [-0.25, -0.2) is 0 Å². The fraction of sp³-hybridized carbons (Fsp3) is 0.600. The average molecular weight is 266 g/mol. The average Bonchev–Trinajstić information content (AvgIpc) is 2.73. The van der Waals surface area contributed by atoms with Crippen LogP contribution < -0.4 is 10.1 Å². The molecule has 0 saturated carbocycles. The van der Waals surface area contributed by atoms with Gasteiger partial charge in [-0.05, 0) is 62.3 Å². The number of ether oxygens (including phenoxy) is 1. The third-order valence-electron chi connectivity index (χ3n) is 3.91. The fourth-order valence-corrected chi connectivity index (χ4v) is 3.30. The van der Waals surface area contributed by atoms with Crippen LogP contribution in [0.3, 0.4) is 0 Å². The van der Waals surface area contributed by atoms with Crippen molar-refractivity contribution in [2.45, 2.75) is 44.6 Å². The van der Waals surface area contributed by atoms with Crippen LogP contribution in [0.15, 0.2) is 12.1 Å². The zero-order chi connectivity index (χ0) is 12.4. The van der Waals surface area contributed by atoms with Crippen molar-refractivity contribution < 1.29 is 4.74 Å². The Morgan fingerprint density at radius 1 is 1.28 bits per heavy atom. The molecule has 98 valence electrons. The lowest BCUT2D eigenvalue weighted by Gasteiger charge is -2.14. The summed E-state index contributed by atoms with van der Waals surface area (Å²) in [5.41, 5.74) is 2.65. The summed E-state index contributed by atoms with van der Waals surface area (Å²) in [7, 11) is 0. The van der Waals surface area contributed by atoms with E-state index in [0.29, 0.717) is 6.04 Å². The van der Waals surface area contributed by atoms with Gasteiger partial charge in [-0.1, -0.05) is 17.7 Å². The Morgan fingerprint density at radius 2 is 2.22 bits per heavy atom. The van der Waals surface area contributed by atoms with Gasteiger partial charge in [0.15, 0.2) is 0 Å². The molecule has 18 heavy (non-hydrogen) atoms. The first-order valence-electron chi connectivity index (χ1n) is 7.00. The Kier molecular flexibility index (Phi) is 3.76. The molecule has 0 aliphatic carbocycles. The van der Waals surface area contributed by atoms with Crippen molar-refractivity contribution in [1.29, 1.82) is 0 Å². The Morgan fingerprint density at radius 3 is 3.06 bits per heavy atom. The molecule has 2 nitrogen and oxygen atoms in total. The van der Waals surface area contributed by atoms with Gasteiger partial charge < -0.3 is 10.1 Å². The molecule has 1 unspecified atom stereocenters. The molecule has 1 saturated heterocycles. The third kappa shape index (κ3) is 2.65. The van der Waals surface area contributed by atoms with E-state index < -0.39 is 0 Å². The first-order valence-corrected chi connectivity index (χ1v) is 7.38. The van der Waals surface area contributed by atoms with E-state index in [1.54, 1.807) is 0 Å². The molecule has 1 aromatic rings. The van der Waals surface area contributed by atoms with Crippen LogP contribution >= 0.6 is 11.6 Å². The Balaban J connectivity index is 1.82. The van der Waals surface area contributed by atoms with E-state index in [0.717, 1.165) is 43.2 Å². The molecule has 0 amide bonds. The lowest BCUT2D eigenvalue weighted by molar-refractivity contribution is 0.317. The number of aryl methyl sites for hydroxylation is 1. The van der Waals surface area contributed by atoms with Crippen molar-refractivity contribution in [2.75, 3.05) is 13.2 Å². The second-order valence-electron chi connectivity index (χ2n) is 5.37. The summed E-state index contributed by atoms with van der Waals surface area (Å²) < 4.78 is 5.76. The number of nitrogens with one attached hydrogen (secondary N) is 1. The minimum Gasteiger partial charge on any atom is -0.492 e. The van der Waals surface area contributed by atoms with E-state index >= 15 is 0 Å². The molecule has 0 bridgehead atoms. The van der Waals surface area contributed by atoms with E-state index in [2.05, 4.69) is 17.4 Å². The first kappa shape index (κ1) is 12.3. The molecule has 0 aromatic heterocycles. The third-order valence-corrected chi connectivity index (χ3v) is 4.19. The van der Waals surface area contributed by atoms with Crippen LogP contribution in [0.5, 0.6) is 5.75 Å². The van der Waals surface area contributed by atoms with Gasteiger partial charge in [0.2, 0.25) is 0 Å². The van der Waals surface area contributed by atoms with Crippen LogP contribution in [-0.4, -0.2) is 19.2 Å². The highest BCUT2D eigenvalue weighted by atomic mass is 35.5. The van der Waals surface area contributed by atoms with Crippen molar-refractivity contribution in [2.24, 2.45) is 0 Å². The summed E-state index contributed by atoms with van der Waals surface area (Å²) in [6.45, 7) is 1.96. The van der Waals surface area contributed by atoms with Gasteiger partial charge in [0.1, 0.15) is 5.75 Å². The number of benzene rings is 1. The molecular weight excluding hydrogens is 246 g/mol. The van der Waals surface area contributed by atoms with E-state index in [-0.39, 0.29) is 0 Å². The smallest absolute Gasteiger partial charge is 0.141 e. The summed E-state index contributed by atoms with van der Waals surface area (Å²) in [6, 6.07) is 5.02. The lowest BCUT2D eigenvalue weighted by atomic mass is 9.99. The Hall–Kier alpha value is -0.730. The van der Waals surface area contributed by atoms with E-state index in [1.165, 1.54) is 30.4 Å². The molecule has 2 aliphatic heterocycles. The molecule has 0 spiro atoms. The standard InChI is InChI=1S/C15H20ClNO/c16-14-10-11(9-13-5-3-6-17-13)8-12-4-1-2-7-18-15(12)14/h8,10,13,17H,1-7,9H2. The monoisotopic (exact) mass is 265 g/mol. The van der Waals surface area contributed by atoms with Crippen LogP contribution in [0.25, 0.3) is 0 Å². The fourth-order valence-electron chi connectivity index (χ4n) is 2.99. The molecule has 1 aromatic carbocycles. The highest BCUT2D eigenvalue weighted by molar-refractivity contribution is 6.32. The summed E-state index contributed by atoms with van der Waals surface area (Å²) in [4.78, 5) is 0. The molecule has 1 fully saturated rings. The minimum absolute atomic E-state index is 0.630. The number of hydrogen-bond donors (Lipinski definition) is 1. The molecule has 0 radical (unpaired) electrons. The largest absolute Gasteiger partial charge is 0.492 e. The predicted molar refractivity (Wildman–Crippen MR) is 74.6 cm³/mol. The van der Waals surface area contributed by atoms with Crippen LogP contribution in [0, 0.1) is 0 Å². The maximum Gasteiger partial charge on any atom is 0.141 e. The Labute approximate surface area is 114 Å². The topological polar surface area (TPSA) is 21.3 Å². The quantitative estimate of drug-likeness (QED) is 0.886. The SMILES string of the molecule is Clc1cc(CC2CCCN2)cc2c1OCCCC2. The first-order chi connectivity index (χ1) is 8.83. The van der Waals surface area contributed by atoms with Crippen molar-refractivity contribution >= 4 is 11.6 Å². The van der Waals surface area contributed by atoms with Gasteiger partial charge in [0.25, 0.3) is 0 Å². The highest BCUT2D eigenvalue weighted by Gasteiger charge is 2.18. The van der Waals surface area contributed by atoms with Crippen molar-refractivity contribution in [3.05, 3.63) is 28.3 Å². The molecule has 3 heteroatoms. The van der Waals surface area contributed by atoms with Crippen molar-refractivity contribution in [3.63, 3.8) is 0 Å². The predicted octanol–water partition coefficient (Wildman–Crippen LogP) is 3.35. The Bertz CT molecular complexity index is 427. The van der Waals surface area contributed by atoms with Gasteiger partial charge in [0, 0.05) is 6.04 Å². The minimum atomic E-state index is 0.630. The van der Waals surface area contributed by atoms with Gasteiger partial charge in [-0.2, -0.15) is 0 Å². The molecule has 1 atom stereocenters. The molecule has 2 heterocycles. The second kappa shape index (κ2) is 5.50. The van der Waals surface area contributed by atoms with Crippen LogP contribution in [0.1, 0.15) is 36.8 Å². The lowest BCUT2D eigenvalue weighted by Crippen LogP contribution is -2.23. The highest BCUT2D eigenvalue weighted by Crippen LogP contribution is 2.34. The number of halogens is 1. The van der Waals surface area contributed by atoms with Gasteiger partial charge in [-0.15, -0.1) is 0 Å². The molecule has 3 rings (SSSR count). The molecular formula is C15H20ClNO. The summed E-state index contributed by atoms with van der Waals surface area (Å²) in [6.07, 6.45) is 7.10. The van der Waals surface area contributed by atoms with Crippen LogP contribution in [0.4, 0.5) is 0 Å². The summed E-state index contributed by atoms with van der Waals surface area (Å²) in [5.74, 6) is 0.928. The molecule has 2 aliphatic rings. The summed E-state index contributed by atoms with van der Waals surface area (Å²) >= 11 is 6.36. The van der Waals surface area contributed by atoms with Crippen molar-refractivity contribution in [1.82, 2.24) is 5.32 Å². The van der Waals surface area contributed by atoms with E-state index in [1.807, 2.05) is 0 Å². The maximum atomic E-state index is 6.36. The van der Waals surface area contributed by atoms with E-state index in [4.69, 9.17) is 16.3 Å². The summed E-state index contributed by atoms with van der Waals surface area (Å²) in [5, 5.41) is 4.34. The zero-order valence-electron chi connectivity index (χ0n) is 10.7. The van der Waals surface area contributed by atoms with Crippen LogP contribution in [0.2, 0.25) is 5.02 Å². The zero-order valence-corrected chi connectivity index (χ0v) is 11.4. The van der Waals surface area contributed by atoms with Gasteiger partial charge >= 0.3 is 0 Å². The normalized spacial score (nSPS) is 23.3. The number of hydrogen-bond acceptors (Lipinski definition) is 2. The second-order valence-corrected chi connectivity index (χ2v) is 5.78. The van der Waals surface area contributed by atoms with Crippen molar-refractivity contribution in [3.8, 4) is 5.75 Å². The maximum absolute atomic E-state index is 6.36. The number of fused-ring (bicyclic) bond motifs is 1. The van der Waals surface area contributed by atoms with Gasteiger partial charge in [-0.3, -0.25) is 0 Å².